The number of aliphatic imine (C=N–C) groups is 1. The number of nitrogens with zero attached hydrogens (tertiary/aromatic N) is 1. The highest BCUT2D eigenvalue weighted by atomic mass is 32.2. The molecule has 0 bridgehead atoms. The number of benzene rings is 1. The van der Waals surface area contributed by atoms with Crippen molar-refractivity contribution in [2.24, 2.45) is 4.99 Å². The summed E-state index contributed by atoms with van der Waals surface area (Å²) in [7, 11) is 0. The summed E-state index contributed by atoms with van der Waals surface area (Å²) in [6, 6.07) is 9.54. The first-order valence-electron chi connectivity index (χ1n) is 7.47. The topological polar surface area (TPSA) is 50.7 Å². The molecule has 2 rings (SSSR count). The van der Waals surface area contributed by atoms with E-state index in [0.717, 1.165) is 16.4 Å². The highest BCUT2D eigenvalue weighted by Crippen LogP contribution is 2.33. The Bertz CT molecular complexity index is 594. The van der Waals surface area contributed by atoms with Gasteiger partial charge in [-0.2, -0.15) is 0 Å². The highest BCUT2D eigenvalue weighted by molar-refractivity contribution is 8.14. The summed E-state index contributed by atoms with van der Waals surface area (Å²) in [6.45, 7) is 8.30. The Labute approximate surface area is 136 Å². The second-order valence-electron chi connectivity index (χ2n) is 5.30. The standard InChI is InChI=1S/C17H22N2O2S/c1-5-21-16(20)14-12(4)18-17(22-11(2)3)19-15(14)13-9-7-6-8-10-13/h6-11,15H,5H2,1-4H3,(H,18,19)/t15-/m1/s1. The number of ether oxygens (including phenoxy) is 1. The Morgan fingerprint density at radius 2 is 2.05 bits per heavy atom. The Hall–Kier alpha value is -1.75. The van der Waals surface area contributed by atoms with Gasteiger partial charge in [0.25, 0.3) is 0 Å². The first kappa shape index (κ1) is 16.6. The molecule has 5 heteroatoms. The molecule has 1 aliphatic rings. The van der Waals surface area contributed by atoms with Gasteiger partial charge >= 0.3 is 5.97 Å². The maximum atomic E-state index is 12.3. The fourth-order valence-corrected chi connectivity index (χ4v) is 3.10. The van der Waals surface area contributed by atoms with Crippen molar-refractivity contribution in [1.82, 2.24) is 5.32 Å². The minimum Gasteiger partial charge on any atom is -0.463 e. The van der Waals surface area contributed by atoms with Gasteiger partial charge in [-0.05, 0) is 19.4 Å². The van der Waals surface area contributed by atoms with Gasteiger partial charge in [0.1, 0.15) is 6.04 Å². The Balaban J connectivity index is 2.40. The van der Waals surface area contributed by atoms with Gasteiger partial charge in [-0.15, -0.1) is 0 Å². The lowest BCUT2D eigenvalue weighted by molar-refractivity contribution is -0.138. The second-order valence-corrected chi connectivity index (χ2v) is 6.86. The van der Waals surface area contributed by atoms with Crippen molar-refractivity contribution in [2.75, 3.05) is 6.61 Å². The summed E-state index contributed by atoms with van der Waals surface area (Å²) < 4.78 is 5.21. The number of rotatable bonds is 4. The number of carbonyl (C=O) groups is 1. The minimum absolute atomic E-state index is 0.307. The molecule has 0 saturated carbocycles. The molecule has 118 valence electrons. The Morgan fingerprint density at radius 3 is 2.64 bits per heavy atom. The normalized spacial score (nSPS) is 18.0. The van der Waals surface area contributed by atoms with Crippen LogP contribution in [0.15, 0.2) is 46.6 Å². The van der Waals surface area contributed by atoms with E-state index in [-0.39, 0.29) is 12.0 Å². The monoisotopic (exact) mass is 318 g/mol. The van der Waals surface area contributed by atoms with Crippen molar-refractivity contribution >= 4 is 22.9 Å². The van der Waals surface area contributed by atoms with Crippen LogP contribution in [0.4, 0.5) is 0 Å². The zero-order chi connectivity index (χ0) is 16.1. The number of hydrogen-bond donors (Lipinski definition) is 1. The van der Waals surface area contributed by atoms with E-state index >= 15 is 0 Å². The first-order valence-corrected chi connectivity index (χ1v) is 8.35. The average Bonchev–Trinajstić information content (AvgIpc) is 2.47. The van der Waals surface area contributed by atoms with E-state index in [1.54, 1.807) is 11.8 Å². The van der Waals surface area contributed by atoms with Crippen molar-refractivity contribution in [3.63, 3.8) is 0 Å². The maximum Gasteiger partial charge on any atom is 0.338 e. The zero-order valence-electron chi connectivity index (χ0n) is 13.4. The van der Waals surface area contributed by atoms with Crippen LogP contribution in [0.2, 0.25) is 0 Å². The highest BCUT2D eigenvalue weighted by Gasteiger charge is 2.30. The summed E-state index contributed by atoms with van der Waals surface area (Å²) >= 11 is 1.66. The second kappa shape index (κ2) is 7.49. The fourth-order valence-electron chi connectivity index (χ4n) is 2.28. The zero-order valence-corrected chi connectivity index (χ0v) is 14.2. The van der Waals surface area contributed by atoms with Crippen LogP contribution in [0.1, 0.15) is 39.3 Å². The van der Waals surface area contributed by atoms with Crippen LogP contribution >= 0.6 is 11.8 Å². The summed E-state index contributed by atoms with van der Waals surface area (Å²) in [5, 5.41) is 4.49. The molecule has 22 heavy (non-hydrogen) atoms. The van der Waals surface area contributed by atoms with Crippen molar-refractivity contribution in [1.29, 1.82) is 0 Å². The number of hydrogen-bond acceptors (Lipinski definition) is 5. The van der Waals surface area contributed by atoms with Gasteiger partial charge in [0.2, 0.25) is 0 Å². The quantitative estimate of drug-likeness (QED) is 0.861. The SMILES string of the molecule is CCOC(=O)C1=C(C)NC(SC(C)C)=N[C@@H]1c1ccccc1. The summed E-state index contributed by atoms with van der Waals surface area (Å²) in [4.78, 5) is 17.1. The molecule has 4 nitrogen and oxygen atoms in total. The molecule has 1 heterocycles. The van der Waals surface area contributed by atoms with E-state index < -0.39 is 0 Å². The number of allylic oxidation sites excluding steroid dienone is 1. The molecule has 1 atom stereocenters. The van der Waals surface area contributed by atoms with Gasteiger partial charge in [0.05, 0.1) is 12.2 Å². The van der Waals surface area contributed by atoms with E-state index in [1.807, 2.05) is 44.2 Å². The van der Waals surface area contributed by atoms with E-state index in [0.29, 0.717) is 17.4 Å². The van der Waals surface area contributed by atoms with Gasteiger partial charge in [-0.3, -0.25) is 0 Å². The molecule has 0 fully saturated rings. The number of thioether (sulfide) groups is 1. The number of nitrogens with one attached hydrogen (secondary N) is 1. The number of carbonyl (C=O) groups excluding carboxylic acids is 1. The molecule has 1 aromatic carbocycles. The van der Waals surface area contributed by atoms with Crippen molar-refractivity contribution in [2.45, 2.75) is 39.0 Å². The molecule has 0 aromatic heterocycles. The lowest BCUT2D eigenvalue weighted by Gasteiger charge is -2.26. The molecule has 0 radical (unpaired) electrons. The van der Waals surface area contributed by atoms with Crippen molar-refractivity contribution in [3.8, 4) is 0 Å². The Morgan fingerprint density at radius 1 is 1.36 bits per heavy atom. The van der Waals surface area contributed by atoms with Crippen LogP contribution in [0.25, 0.3) is 0 Å². The maximum absolute atomic E-state index is 12.3. The molecular formula is C17H22N2O2S. The summed E-state index contributed by atoms with van der Waals surface area (Å²) in [5.74, 6) is -0.307. The number of amidine groups is 1. The van der Waals surface area contributed by atoms with Crippen LogP contribution in [0.5, 0.6) is 0 Å². The van der Waals surface area contributed by atoms with Crippen LogP contribution in [-0.2, 0) is 9.53 Å². The van der Waals surface area contributed by atoms with Crippen LogP contribution in [0.3, 0.4) is 0 Å². The van der Waals surface area contributed by atoms with Gasteiger partial charge in [0, 0.05) is 10.9 Å². The molecule has 1 aromatic rings. The summed E-state index contributed by atoms with van der Waals surface area (Å²) in [5.41, 5.74) is 2.39. The third-order valence-corrected chi connectivity index (χ3v) is 4.08. The van der Waals surface area contributed by atoms with Gasteiger partial charge in [-0.1, -0.05) is 55.9 Å². The third kappa shape index (κ3) is 3.91. The molecule has 1 N–H and O–H groups in total. The third-order valence-electron chi connectivity index (χ3n) is 3.18. The smallest absolute Gasteiger partial charge is 0.338 e. The lowest BCUT2D eigenvalue weighted by Crippen LogP contribution is -2.31. The minimum atomic E-state index is -0.317. The van der Waals surface area contributed by atoms with Crippen LogP contribution in [0, 0.1) is 0 Å². The molecule has 0 unspecified atom stereocenters. The molecule has 0 saturated heterocycles. The van der Waals surface area contributed by atoms with E-state index in [4.69, 9.17) is 9.73 Å². The first-order chi connectivity index (χ1) is 10.5. The van der Waals surface area contributed by atoms with Gasteiger partial charge in [-0.25, -0.2) is 9.79 Å². The van der Waals surface area contributed by atoms with E-state index in [9.17, 15) is 4.79 Å². The molecule has 0 amide bonds. The number of esters is 1. The summed E-state index contributed by atoms with van der Waals surface area (Å²) in [6.07, 6.45) is 0. The lowest BCUT2D eigenvalue weighted by atomic mass is 9.97. The van der Waals surface area contributed by atoms with Gasteiger partial charge < -0.3 is 10.1 Å². The van der Waals surface area contributed by atoms with E-state index in [1.165, 1.54) is 0 Å². The molecular weight excluding hydrogens is 296 g/mol. The van der Waals surface area contributed by atoms with Crippen LogP contribution < -0.4 is 5.32 Å². The fraction of sp³-hybridized carbons (Fsp3) is 0.412. The van der Waals surface area contributed by atoms with Gasteiger partial charge in [0.15, 0.2) is 5.17 Å². The van der Waals surface area contributed by atoms with Crippen molar-refractivity contribution in [3.05, 3.63) is 47.2 Å². The average molecular weight is 318 g/mol. The largest absolute Gasteiger partial charge is 0.463 e. The van der Waals surface area contributed by atoms with Crippen molar-refractivity contribution < 1.29 is 9.53 Å². The molecule has 0 aliphatic carbocycles. The van der Waals surface area contributed by atoms with E-state index in [2.05, 4.69) is 19.2 Å². The predicted molar refractivity (Wildman–Crippen MR) is 91.8 cm³/mol. The predicted octanol–water partition coefficient (Wildman–Crippen LogP) is 3.67. The van der Waals surface area contributed by atoms with Crippen LogP contribution in [-0.4, -0.2) is 23.0 Å². The molecule has 0 spiro atoms. The molecule has 1 aliphatic heterocycles. The Kier molecular flexibility index (Phi) is 5.66.